The van der Waals surface area contributed by atoms with Gasteiger partial charge in [-0.25, -0.2) is 4.79 Å². The third kappa shape index (κ3) is 3.42. The lowest BCUT2D eigenvalue weighted by Gasteiger charge is -2.34. The lowest BCUT2D eigenvalue weighted by atomic mass is 9.89. The van der Waals surface area contributed by atoms with Crippen LogP contribution >= 0.6 is 0 Å². The molecule has 2 atom stereocenters. The Balaban J connectivity index is 1.43. The van der Waals surface area contributed by atoms with Gasteiger partial charge in [-0.1, -0.05) is 18.6 Å². The molecule has 130 valence electrons. The van der Waals surface area contributed by atoms with Gasteiger partial charge in [-0.3, -0.25) is 4.98 Å². The molecular weight excluding hydrogens is 302 g/mol. The minimum Gasteiger partial charge on any atom is -0.408 e. The van der Waals surface area contributed by atoms with Crippen LogP contribution in [0.25, 0.3) is 11.1 Å². The first kappa shape index (κ1) is 15.9. The highest BCUT2D eigenvalue weighted by molar-refractivity contribution is 5.76. The highest BCUT2D eigenvalue weighted by atomic mass is 16.4. The maximum atomic E-state index is 11.5. The van der Waals surface area contributed by atoms with Crippen LogP contribution in [0.5, 0.6) is 0 Å². The van der Waals surface area contributed by atoms with Crippen LogP contribution in [0, 0.1) is 0 Å². The summed E-state index contributed by atoms with van der Waals surface area (Å²) in [6, 6.07) is 6.76. The predicted octanol–water partition coefficient (Wildman–Crippen LogP) is 2.83. The second-order valence-corrected chi connectivity index (χ2v) is 7.31. The Kier molecular flexibility index (Phi) is 4.72. The van der Waals surface area contributed by atoms with Crippen molar-refractivity contribution in [1.29, 1.82) is 0 Å². The maximum absolute atomic E-state index is 11.5. The lowest BCUT2D eigenvalue weighted by Crippen LogP contribution is -2.40. The van der Waals surface area contributed by atoms with Crippen molar-refractivity contribution in [2.45, 2.75) is 50.5 Å². The number of aromatic amines is 1. The number of aromatic nitrogens is 1. The van der Waals surface area contributed by atoms with Gasteiger partial charge in [0.1, 0.15) is 0 Å². The Morgan fingerprint density at radius 2 is 2.17 bits per heavy atom. The summed E-state index contributed by atoms with van der Waals surface area (Å²) in [5.74, 6) is 0.106. The summed E-state index contributed by atoms with van der Waals surface area (Å²) in [6.45, 7) is 4.61. The van der Waals surface area contributed by atoms with Gasteiger partial charge in [0.15, 0.2) is 5.58 Å². The number of hydrogen-bond acceptors (Lipinski definition) is 4. The largest absolute Gasteiger partial charge is 0.417 e. The van der Waals surface area contributed by atoms with E-state index >= 15 is 0 Å². The average molecular weight is 329 g/mol. The number of likely N-dealkylation sites (tertiary alicyclic amines) is 1. The smallest absolute Gasteiger partial charge is 0.408 e. The fourth-order valence-electron chi connectivity index (χ4n) is 4.34. The molecule has 2 aliphatic rings. The quantitative estimate of drug-likeness (QED) is 0.905. The van der Waals surface area contributed by atoms with E-state index in [2.05, 4.69) is 21.3 Å². The summed E-state index contributed by atoms with van der Waals surface area (Å²) in [5, 5.41) is 3.65. The summed E-state index contributed by atoms with van der Waals surface area (Å²) in [7, 11) is 0. The van der Waals surface area contributed by atoms with Gasteiger partial charge in [-0.2, -0.15) is 0 Å². The van der Waals surface area contributed by atoms with Gasteiger partial charge in [0.05, 0.1) is 5.52 Å². The second-order valence-electron chi connectivity index (χ2n) is 7.31. The molecule has 5 heteroatoms. The lowest BCUT2D eigenvalue weighted by molar-refractivity contribution is 0.193. The summed E-state index contributed by atoms with van der Waals surface area (Å²) in [5.41, 5.74) is 2.76. The zero-order chi connectivity index (χ0) is 16.4. The number of fused-ring (bicyclic) bond motifs is 1. The fraction of sp³-hybridized carbons (Fsp3) is 0.632. The Morgan fingerprint density at radius 1 is 1.21 bits per heavy atom. The Labute approximate surface area is 142 Å². The molecule has 4 rings (SSSR count). The van der Waals surface area contributed by atoms with E-state index < -0.39 is 0 Å². The molecule has 0 spiro atoms. The SMILES string of the molecule is O=c1[nH]c2cccc(C3CCCN(CC[C@@H]4CCCCN4)C3)c2o1. The molecule has 1 aromatic carbocycles. The van der Waals surface area contributed by atoms with Crippen LogP contribution in [0.2, 0.25) is 0 Å². The molecule has 0 saturated carbocycles. The van der Waals surface area contributed by atoms with E-state index in [1.165, 1.54) is 63.7 Å². The van der Waals surface area contributed by atoms with Crippen molar-refractivity contribution in [3.63, 3.8) is 0 Å². The molecular formula is C19H27N3O2. The normalized spacial score (nSPS) is 26.0. The van der Waals surface area contributed by atoms with E-state index in [9.17, 15) is 4.79 Å². The standard InChI is InChI=1S/C19H27N3O2/c23-19-21-17-8-3-7-16(18(17)24-19)14-5-4-11-22(13-14)12-9-15-6-1-2-10-20-15/h3,7-8,14-15,20H,1-2,4-6,9-13H2,(H,21,23)/t14?,15-/m0/s1. The molecule has 2 aromatic rings. The molecule has 3 heterocycles. The van der Waals surface area contributed by atoms with E-state index in [4.69, 9.17) is 4.42 Å². The van der Waals surface area contributed by atoms with Gasteiger partial charge in [-0.05, 0) is 57.8 Å². The van der Waals surface area contributed by atoms with Gasteiger partial charge in [-0.15, -0.1) is 0 Å². The average Bonchev–Trinajstić information content (AvgIpc) is 3.01. The van der Waals surface area contributed by atoms with Crippen molar-refractivity contribution in [2.24, 2.45) is 0 Å². The molecule has 0 bridgehead atoms. The van der Waals surface area contributed by atoms with E-state index in [0.717, 1.165) is 17.6 Å². The number of H-pyrrole nitrogens is 1. The molecule has 24 heavy (non-hydrogen) atoms. The summed E-state index contributed by atoms with van der Waals surface area (Å²) in [4.78, 5) is 16.9. The van der Waals surface area contributed by atoms with Crippen LogP contribution in [-0.4, -0.2) is 42.1 Å². The van der Waals surface area contributed by atoms with Crippen LogP contribution in [0.4, 0.5) is 0 Å². The van der Waals surface area contributed by atoms with Gasteiger partial charge >= 0.3 is 5.76 Å². The van der Waals surface area contributed by atoms with Gasteiger partial charge in [0.25, 0.3) is 0 Å². The molecule has 1 unspecified atom stereocenters. The van der Waals surface area contributed by atoms with E-state index in [1.54, 1.807) is 0 Å². The van der Waals surface area contributed by atoms with Gasteiger partial charge in [0.2, 0.25) is 0 Å². The number of para-hydroxylation sites is 1. The van der Waals surface area contributed by atoms with Crippen molar-refractivity contribution in [3.05, 3.63) is 34.3 Å². The molecule has 0 aliphatic carbocycles. The van der Waals surface area contributed by atoms with Crippen LogP contribution < -0.4 is 11.1 Å². The van der Waals surface area contributed by atoms with Gasteiger partial charge in [0, 0.05) is 24.1 Å². The first-order valence-electron chi connectivity index (χ1n) is 9.37. The van der Waals surface area contributed by atoms with Gasteiger partial charge < -0.3 is 14.6 Å². The Hall–Kier alpha value is -1.59. The van der Waals surface area contributed by atoms with E-state index in [-0.39, 0.29) is 5.76 Å². The number of nitrogens with zero attached hydrogens (tertiary/aromatic N) is 1. The number of benzene rings is 1. The first-order valence-corrected chi connectivity index (χ1v) is 9.37. The van der Waals surface area contributed by atoms with Crippen molar-refractivity contribution < 1.29 is 4.42 Å². The van der Waals surface area contributed by atoms with Crippen LogP contribution in [0.15, 0.2) is 27.4 Å². The van der Waals surface area contributed by atoms with Crippen molar-refractivity contribution >= 4 is 11.1 Å². The first-order chi connectivity index (χ1) is 11.8. The topological polar surface area (TPSA) is 61.3 Å². The number of hydrogen-bond donors (Lipinski definition) is 2. The zero-order valence-corrected chi connectivity index (χ0v) is 14.2. The highest BCUT2D eigenvalue weighted by Gasteiger charge is 2.25. The third-order valence-corrected chi connectivity index (χ3v) is 5.63. The van der Waals surface area contributed by atoms with E-state index in [0.29, 0.717) is 12.0 Å². The predicted molar refractivity (Wildman–Crippen MR) is 95.5 cm³/mol. The van der Waals surface area contributed by atoms with E-state index in [1.807, 2.05) is 12.1 Å². The van der Waals surface area contributed by atoms with Crippen molar-refractivity contribution in [3.8, 4) is 0 Å². The molecule has 1 aromatic heterocycles. The maximum Gasteiger partial charge on any atom is 0.417 e. The summed E-state index contributed by atoms with van der Waals surface area (Å²) < 4.78 is 5.40. The third-order valence-electron chi connectivity index (χ3n) is 5.63. The number of oxazole rings is 1. The number of rotatable bonds is 4. The van der Waals surface area contributed by atoms with Crippen LogP contribution in [-0.2, 0) is 0 Å². The van der Waals surface area contributed by atoms with Crippen LogP contribution in [0.3, 0.4) is 0 Å². The van der Waals surface area contributed by atoms with Crippen molar-refractivity contribution in [1.82, 2.24) is 15.2 Å². The minimum atomic E-state index is -0.353. The molecule has 0 amide bonds. The number of piperidine rings is 2. The Bertz CT molecular complexity index is 730. The number of nitrogens with one attached hydrogen (secondary N) is 2. The zero-order valence-electron chi connectivity index (χ0n) is 14.2. The van der Waals surface area contributed by atoms with Crippen molar-refractivity contribution in [2.75, 3.05) is 26.2 Å². The highest BCUT2D eigenvalue weighted by Crippen LogP contribution is 2.31. The second kappa shape index (κ2) is 7.11. The molecule has 2 N–H and O–H groups in total. The molecule has 2 saturated heterocycles. The monoisotopic (exact) mass is 329 g/mol. The van der Waals surface area contributed by atoms with Crippen LogP contribution in [0.1, 0.15) is 50.0 Å². The Morgan fingerprint density at radius 3 is 3.04 bits per heavy atom. The molecule has 5 nitrogen and oxygen atoms in total. The molecule has 2 fully saturated rings. The molecule has 2 aliphatic heterocycles. The summed E-state index contributed by atoms with van der Waals surface area (Å²) in [6.07, 6.45) is 7.66. The minimum absolute atomic E-state index is 0.353. The fourth-order valence-corrected chi connectivity index (χ4v) is 4.34. The summed E-state index contributed by atoms with van der Waals surface area (Å²) >= 11 is 0. The molecule has 0 radical (unpaired) electrons.